The summed E-state index contributed by atoms with van der Waals surface area (Å²) in [6.45, 7) is 8.91. The largest absolute Gasteiger partial charge is 0.349 e. The topological polar surface area (TPSA) is 83.3 Å². The molecule has 1 aromatic rings. The molecule has 0 spiro atoms. The zero-order valence-electron chi connectivity index (χ0n) is 12.9. The number of carbonyl (C=O) groups excluding carboxylic acids is 1. The van der Waals surface area contributed by atoms with Gasteiger partial charge in [0.25, 0.3) is 11.7 Å². The molecule has 0 saturated carbocycles. The van der Waals surface area contributed by atoms with Crippen LogP contribution in [0.25, 0.3) is 0 Å². The predicted octanol–water partition coefficient (Wildman–Crippen LogP) is 0.956. The molecule has 1 aromatic heterocycles. The highest BCUT2D eigenvalue weighted by atomic mass is 16.5. The molecule has 0 aromatic carbocycles. The second-order valence-electron chi connectivity index (χ2n) is 5.24. The highest BCUT2D eigenvalue weighted by Gasteiger charge is 2.24. The van der Waals surface area contributed by atoms with E-state index in [1.165, 1.54) is 0 Å². The number of rotatable bonds is 8. The van der Waals surface area contributed by atoms with E-state index in [0.717, 1.165) is 45.4 Å². The molecule has 21 heavy (non-hydrogen) atoms. The lowest BCUT2D eigenvalue weighted by Gasteiger charge is -2.17. The number of hydrogen-bond acceptors (Lipinski definition) is 6. The van der Waals surface area contributed by atoms with Gasteiger partial charge in [-0.2, -0.15) is 4.98 Å². The smallest absolute Gasteiger partial charge is 0.292 e. The molecule has 1 amide bonds. The normalized spacial score (nSPS) is 18.3. The Balaban J connectivity index is 1.73. The van der Waals surface area contributed by atoms with Gasteiger partial charge in [0, 0.05) is 6.54 Å². The van der Waals surface area contributed by atoms with Crippen molar-refractivity contribution < 1.29 is 9.32 Å². The van der Waals surface area contributed by atoms with E-state index in [0.29, 0.717) is 12.4 Å². The van der Waals surface area contributed by atoms with Crippen molar-refractivity contribution in [3.63, 3.8) is 0 Å². The fraction of sp³-hybridized carbons (Fsp3) is 0.786. The molecule has 0 aliphatic carbocycles. The molecule has 7 nitrogen and oxygen atoms in total. The van der Waals surface area contributed by atoms with Crippen molar-refractivity contribution >= 4 is 5.91 Å². The van der Waals surface area contributed by atoms with E-state index in [-0.39, 0.29) is 17.8 Å². The van der Waals surface area contributed by atoms with Crippen LogP contribution in [0.3, 0.4) is 0 Å². The van der Waals surface area contributed by atoms with Gasteiger partial charge in [0.15, 0.2) is 0 Å². The summed E-state index contributed by atoms with van der Waals surface area (Å²) in [5.41, 5.74) is 0. The molecule has 1 atom stereocenters. The Morgan fingerprint density at radius 1 is 1.48 bits per heavy atom. The van der Waals surface area contributed by atoms with Gasteiger partial charge in [0.05, 0.1) is 6.04 Å². The monoisotopic (exact) mass is 295 g/mol. The molecule has 1 fully saturated rings. The maximum atomic E-state index is 11.9. The molecule has 2 rings (SSSR count). The van der Waals surface area contributed by atoms with Gasteiger partial charge in [0.2, 0.25) is 5.89 Å². The molecule has 1 unspecified atom stereocenters. The Labute approximate surface area is 125 Å². The van der Waals surface area contributed by atoms with Gasteiger partial charge >= 0.3 is 0 Å². The summed E-state index contributed by atoms with van der Waals surface area (Å²) in [7, 11) is 0. The lowest BCUT2D eigenvalue weighted by atomic mass is 10.2. The predicted molar refractivity (Wildman–Crippen MR) is 79.0 cm³/mol. The van der Waals surface area contributed by atoms with Crippen molar-refractivity contribution in [2.75, 3.05) is 32.7 Å². The molecule has 0 bridgehead atoms. The van der Waals surface area contributed by atoms with Gasteiger partial charge in [-0.3, -0.25) is 4.79 Å². The Morgan fingerprint density at radius 3 is 2.95 bits per heavy atom. The van der Waals surface area contributed by atoms with Gasteiger partial charge in [-0.1, -0.05) is 19.0 Å². The van der Waals surface area contributed by atoms with E-state index in [2.05, 4.69) is 39.5 Å². The maximum Gasteiger partial charge on any atom is 0.292 e. The minimum atomic E-state index is -0.262. The number of hydrogen-bond donors (Lipinski definition) is 2. The highest BCUT2D eigenvalue weighted by molar-refractivity contribution is 5.90. The highest BCUT2D eigenvalue weighted by Crippen LogP contribution is 2.20. The van der Waals surface area contributed by atoms with Crippen molar-refractivity contribution in [1.29, 1.82) is 0 Å². The van der Waals surface area contributed by atoms with Crippen molar-refractivity contribution in [1.82, 2.24) is 25.7 Å². The Bertz CT molecular complexity index is 438. The third kappa shape index (κ3) is 4.50. The first kappa shape index (κ1) is 15.9. The van der Waals surface area contributed by atoms with Crippen LogP contribution >= 0.6 is 0 Å². The number of nitrogens with one attached hydrogen (secondary N) is 2. The quantitative estimate of drug-likeness (QED) is 0.695. The molecule has 1 aliphatic rings. The van der Waals surface area contributed by atoms with Gasteiger partial charge in [0.1, 0.15) is 0 Å². The first-order chi connectivity index (χ1) is 10.2. The maximum absolute atomic E-state index is 11.9. The summed E-state index contributed by atoms with van der Waals surface area (Å²) in [5.74, 6) is 0.380. The van der Waals surface area contributed by atoms with E-state index in [1.807, 2.05) is 0 Å². The van der Waals surface area contributed by atoms with Crippen LogP contribution in [0.4, 0.5) is 0 Å². The lowest BCUT2D eigenvalue weighted by Crippen LogP contribution is -2.30. The van der Waals surface area contributed by atoms with E-state index >= 15 is 0 Å². The van der Waals surface area contributed by atoms with Crippen LogP contribution in [0, 0.1) is 0 Å². The van der Waals surface area contributed by atoms with Crippen molar-refractivity contribution in [3.8, 4) is 0 Å². The molecule has 7 heteroatoms. The summed E-state index contributed by atoms with van der Waals surface area (Å²) < 4.78 is 5.16. The second kappa shape index (κ2) is 8.09. The van der Waals surface area contributed by atoms with Crippen LogP contribution in [-0.4, -0.2) is 53.7 Å². The minimum absolute atomic E-state index is 0.0988. The summed E-state index contributed by atoms with van der Waals surface area (Å²) in [6.07, 6.45) is 3.00. The average Bonchev–Trinajstić information content (AvgIpc) is 3.17. The third-order valence-corrected chi connectivity index (χ3v) is 3.83. The molecular formula is C14H25N5O2. The number of nitrogens with zero attached hydrogens (tertiary/aromatic N) is 3. The summed E-state index contributed by atoms with van der Waals surface area (Å²) in [5, 5.41) is 9.86. The van der Waals surface area contributed by atoms with E-state index in [4.69, 9.17) is 4.52 Å². The number of carbonyl (C=O) groups is 1. The van der Waals surface area contributed by atoms with Gasteiger partial charge in [-0.15, -0.1) is 0 Å². The van der Waals surface area contributed by atoms with Crippen LogP contribution in [0.1, 0.15) is 55.7 Å². The Kier molecular flexibility index (Phi) is 6.13. The van der Waals surface area contributed by atoms with Crippen LogP contribution in [0.15, 0.2) is 4.52 Å². The first-order valence-corrected chi connectivity index (χ1v) is 7.82. The fourth-order valence-electron chi connectivity index (χ4n) is 2.49. The van der Waals surface area contributed by atoms with E-state index in [1.54, 1.807) is 0 Å². The minimum Gasteiger partial charge on any atom is -0.349 e. The van der Waals surface area contributed by atoms with E-state index in [9.17, 15) is 4.79 Å². The van der Waals surface area contributed by atoms with Crippen molar-refractivity contribution in [2.45, 2.75) is 39.2 Å². The van der Waals surface area contributed by atoms with Crippen LogP contribution in [0.5, 0.6) is 0 Å². The second-order valence-corrected chi connectivity index (χ2v) is 5.24. The van der Waals surface area contributed by atoms with Crippen LogP contribution in [0.2, 0.25) is 0 Å². The summed E-state index contributed by atoms with van der Waals surface area (Å²) in [6, 6.07) is 0.0988. The number of aromatic nitrogens is 2. The van der Waals surface area contributed by atoms with Crippen molar-refractivity contribution in [3.05, 3.63) is 11.7 Å². The van der Waals surface area contributed by atoms with E-state index < -0.39 is 0 Å². The molecule has 118 valence electrons. The van der Waals surface area contributed by atoms with Crippen molar-refractivity contribution in [2.24, 2.45) is 0 Å². The lowest BCUT2D eigenvalue weighted by molar-refractivity contribution is 0.0938. The molecule has 2 N–H and O–H groups in total. The third-order valence-electron chi connectivity index (χ3n) is 3.83. The zero-order chi connectivity index (χ0) is 15.1. The molecule has 0 radical (unpaired) electrons. The Hall–Kier alpha value is -1.47. The molecule has 2 heterocycles. The van der Waals surface area contributed by atoms with Gasteiger partial charge in [-0.25, -0.2) is 0 Å². The van der Waals surface area contributed by atoms with Gasteiger partial charge in [-0.05, 0) is 45.4 Å². The molecular weight excluding hydrogens is 270 g/mol. The van der Waals surface area contributed by atoms with Gasteiger partial charge < -0.3 is 20.1 Å². The summed E-state index contributed by atoms with van der Waals surface area (Å²) in [4.78, 5) is 18.4. The average molecular weight is 295 g/mol. The zero-order valence-corrected chi connectivity index (χ0v) is 12.9. The van der Waals surface area contributed by atoms with Crippen LogP contribution in [-0.2, 0) is 0 Å². The fourth-order valence-corrected chi connectivity index (χ4v) is 2.49. The first-order valence-electron chi connectivity index (χ1n) is 7.82. The molecule has 1 aliphatic heterocycles. The number of amides is 1. The Morgan fingerprint density at radius 2 is 2.29 bits per heavy atom. The SMILES string of the molecule is CCN(CC)CCCNC(=O)c1noc(C2CCCN2)n1. The summed E-state index contributed by atoms with van der Waals surface area (Å²) >= 11 is 0. The van der Waals surface area contributed by atoms with Crippen LogP contribution < -0.4 is 10.6 Å². The molecule has 1 saturated heterocycles. The standard InChI is InChI=1S/C14H25N5O2/c1-3-19(4-2)10-6-9-16-13(20)12-17-14(21-18-12)11-7-5-8-15-11/h11,15H,3-10H2,1-2H3,(H,16,20).